The van der Waals surface area contributed by atoms with Crippen molar-refractivity contribution in [3.8, 4) is 0 Å². The standard InChI is InChI=1S/C12H14N4O3S/c17-16(18)9-1-2-10-11(5-9)15-12(14-10)20(19)7-8-3-4-13-6-8/h1-2,5,8,13H,3-4,6-7H2,(H,14,15)/t8-,20-/m0/s1. The van der Waals surface area contributed by atoms with Crippen LogP contribution in [-0.4, -0.2) is 37.9 Å². The third-order valence-electron chi connectivity index (χ3n) is 3.42. The maximum Gasteiger partial charge on any atom is 0.271 e. The van der Waals surface area contributed by atoms with E-state index in [2.05, 4.69) is 15.3 Å². The maximum absolute atomic E-state index is 12.2. The van der Waals surface area contributed by atoms with Crippen LogP contribution in [0.5, 0.6) is 0 Å². The van der Waals surface area contributed by atoms with Gasteiger partial charge in [-0.1, -0.05) is 0 Å². The highest BCUT2D eigenvalue weighted by Crippen LogP contribution is 2.21. The molecule has 1 aromatic heterocycles. The Bertz CT molecular complexity index is 678. The summed E-state index contributed by atoms with van der Waals surface area (Å²) in [4.78, 5) is 17.4. The third kappa shape index (κ3) is 2.56. The van der Waals surface area contributed by atoms with Gasteiger partial charge in [0.25, 0.3) is 5.69 Å². The van der Waals surface area contributed by atoms with E-state index in [0.29, 0.717) is 27.9 Å². The van der Waals surface area contributed by atoms with Gasteiger partial charge in [-0.3, -0.25) is 14.3 Å². The zero-order valence-electron chi connectivity index (χ0n) is 10.7. The summed E-state index contributed by atoms with van der Waals surface area (Å²) >= 11 is 0. The molecule has 3 rings (SSSR count). The number of aromatic amines is 1. The number of hydrogen-bond donors (Lipinski definition) is 2. The van der Waals surface area contributed by atoms with E-state index in [1.807, 2.05) is 0 Å². The highest BCUT2D eigenvalue weighted by molar-refractivity contribution is 7.84. The second kappa shape index (κ2) is 5.29. The van der Waals surface area contributed by atoms with Gasteiger partial charge >= 0.3 is 0 Å². The Morgan fingerprint density at radius 2 is 2.35 bits per heavy atom. The van der Waals surface area contributed by atoms with Gasteiger partial charge in [0.05, 0.1) is 26.8 Å². The van der Waals surface area contributed by atoms with Crippen molar-refractivity contribution in [2.45, 2.75) is 11.6 Å². The Balaban J connectivity index is 1.84. The van der Waals surface area contributed by atoms with Gasteiger partial charge in [-0.15, -0.1) is 0 Å². The number of nitrogens with one attached hydrogen (secondary N) is 2. The lowest BCUT2D eigenvalue weighted by Gasteiger charge is -2.05. The van der Waals surface area contributed by atoms with Gasteiger partial charge in [-0.2, -0.15) is 0 Å². The van der Waals surface area contributed by atoms with Crippen molar-refractivity contribution in [1.29, 1.82) is 0 Å². The lowest BCUT2D eigenvalue weighted by molar-refractivity contribution is -0.384. The Kier molecular flexibility index (Phi) is 3.49. The van der Waals surface area contributed by atoms with Crippen molar-refractivity contribution in [3.05, 3.63) is 28.3 Å². The summed E-state index contributed by atoms with van der Waals surface area (Å²) in [6.07, 6.45) is 1.03. The van der Waals surface area contributed by atoms with Gasteiger partial charge in [0.1, 0.15) is 0 Å². The Labute approximate surface area is 117 Å². The van der Waals surface area contributed by atoms with Crippen LogP contribution in [0.3, 0.4) is 0 Å². The second-order valence-corrected chi connectivity index (χ2v) is 6.28. The van der Waals surface area contributed by atoms with E-state index >= 15 is 0 Å². The predicted molar refractivity (Wildman–Crippen MR) is 75.0 cm³/mol. The summed E-state index contributed by atoms with van der Waals surface area (Å²) in [6.45, 7) is 1.85. The van der Waals surface area contributed by atoms with Crippen molar-refractivity contribution in [2.75, 3.05) is 18.8 Å². The molecule has 106 valence electrons. The first-order chi connectivity index (χ1) is 9.63. The number of aromatic nitrogens is 2. The van der Waals surface area contributed by atoms with Gasteiger partial charge < -0.3 is 10.3 Å². The van der Waals surface area contributed by atoms with E-state index in [0.717, 1.165) is 19.5 Å². The molecular formula is C12H14N4O3S. The van der Waals surface area contributed by atoms with Gasteiger partial charge in [0, 0.05) is 17.9 Å². The monoisotopic (exact) mass is 294 g/mol. The van der Waals surface area contributed by atoms with Gasteiger partial charge in [-0.25, -0.2) is 4.98 Å². The number of imidazole rings is 1. The van der Waals surface area contributed by atoms with Gasteiger partial charge in [-0.05, 0) is 31.5 Å². The van der Waals surface area contributed by atoms with E-state index in [-0.39, 0.29) is 5.69 Å². The van der Waals surface area contributed by atoms with Crippen LogP contribution in [0.1, 0.15) is 6.42 Å². The maximum atomic E-state index is 12.2. The number of nitro groups is 1. The highest BCUT2D eigenvalue weighted by Gasteiger charge is 2.20. The molecule has 2 heterocycles. The number of fused-ring (bicyclic) bond motifs is 1. The zero-order chi connectivity index (χ0) is 14.1. The minimum Gasteiger partial charge on any atom is -0.331 e. The molecule has 2 atom stereocenters. The molecule has 1 aliphatic rings. The van der Waals surface area contributed by atoms with Crippen LogP contribution in [0.2, 0.25) is 0 Å². The molecule has 0 amide bonds. The largest absolute Gasteiger partial charge is 0.331 e. The quantitative estimate of drug-likeness (QED) is 0.651. The first-order valence-electron chi connectivity index (χ1n) is 6.37. The van der Waals surface area contributed by atoms with Gasteiger partial charge in [0.2, 0.25) is 0 Å². The minimum absolute atomic E-state index is 0.00141. The molecule has 7 nitrogen and oxygen atoms in total. The fourth-order valence-corrected chi connectivity index (χ4v) is 3.64. The number of rotatable bonds is 4. The molecule has 8 heteroatoms. The summed E-state index contributed by atoms with van der Waals surface area (Å²) in [5.74, 6) is 0.966. The lowest BCUT2D eigenvalue weighted by Crippen LogP contribution is -2.15. The Hall–Kier alpha value is -1.80. The fourth-order valence-electron chi connectivity index (χ4n) is 2.35. The molecule has 0 bridgehead atoms. The molecule has 2 aromatic rings. The second-order valence-electron chi connectivity index (χ2n) is 4.87. The molecule has 2 N–H and O–H groups in total. The molecule has 20 heavy (non-hydrogen) atoms. The van der Waals surface area contributed by atoms with Crippen LogP contribution < -0.4 is 5.32 Å². The number of benzene rings is 1. The van der Waals surface area contributed by atoms with E-state index in [1.54, 1.807) is 6.07 Å². The smallest absolute Gasteiger partial charge is 0.271 e. The Morgan fingerprint density at radius 3 is 3.05 bits per heavy atom. The van der Waals surface area contributed by atoms with E-state index in [4.69, 9.17) is 0 Å². The number of non-ortho nitro benzene ring substituents is 1. The van der Waals surface area contributed by atoms with Crippen LogP contribution in [0.25, 0.3) is 11.0 Å². The number of H-pyrrole nitrogens is 1. The molecule has 0 unspecified atom stereocenters. The van der Waals surface area contributed by atoms with Crippen LogP contribution >= 0.6 is 0 Å². The molecule has 0 saturated carbocycles. The number of nitro benzene ring substituents is 1. The van der Waals surface area contributed by atoms with Crippen molar-refractivity contribution >= 4 is 27.5 Å². The van der Waals surface area contributed by atoms with Crippen molar-refractivity contribution < 1.29 is 9.13 Å². The molecule has 0 spiro atoms. The van der Waals surface area contributed by atoms with Crippen molar-refractivity contribution in [1.82, 2.24) is 15.3 Å². The summed E-state index contributed by atoms with van der Waals surface area (Å²) in [7, 11) is -1.20. The average Bonchev–Trinajstić information content (AvgIpc) is 3.05. The number of hydrogen-bond acceptors (Lipinski definition) is 5. The van der Waals surface area contributed by atoms with Crippen LogP contribution in [0.4, 0.5) is 5.69 Å². The van der Waals surface area contributed by atoms with Crippen LogP contribution in [0.15, 0.2) is 23.4 Å². The zero-order valence-corrected chi connectivity index (χ0v) is 11.5. The normalized spacial score (nSPS) is 20.3. The average molecular weight is 294 g/mol. The van der Waals surface area contributed by atoms with Crippen LogP contribution in [-0.2, 0) is 10.8 Å². The minimum atomic E-state index is -1.20. The van der Waals surface area contributed by atoms with E-state index in [1.165, 1.54) is 12.1 Å². The lowest BCUT2D eigenvalue weighted by atomic mass is 10.2. The molecule has 0 aliphatic carbocycles. The summed E-state index contributed by atoms with van der Waals surface area (Å²) in [5, 5.41) is 14.4. The van der Waals surface area contributed by atoms with E-state index in [9.17, 15) is 14.3 Å². The molecule has 0 radical (unpaired) electrons. The van der Waals surface area contributed by atoms with E-state index < -0.39 is 15.7 Å². The van der Waals surface area contributed by atoms with Gasteiger partial charge in [0.15, 0.2) is 5.16 Å². The summed E-state index contributed by atoms with van der Waals surface area (Å²) < 4.78 is 12.2. The first-order valence-corrected chi connectivity index (χ1v) is 7.68. The summed E-state index contributed by atoms with van der Waals surface area (Å²) in [6, 6.07) is 4.39. The topological polar surface area (TPSA) is 101 Å². The first kappa shape index (κ1) is 13.2. The molecule has 1 fully saturated rings. The predicted octanol–water partition coefficient (Wildman–Crippen LogP) is 1.19. The Morgan fingerprint density at radius 1 is 1.50 bits per heavy atom. The molecule has 1 aliphatic heterocycles. The molecule has 1 aromatic carbocycles. The number of nitrogens with zero attached hydrogens (tertiary/aromatic N) is 2. The highest BCUT2D eigenvalue weighted by atomic mass is 32.2. The van der Waals surface area contributed by atoms with Crippen molar-refractivity contribution in [2.24, 2.45) is 5.92 Å². The molecular weight excluding hydrogens is 280 g/mol. The fraction of sp³-hybridized carbons (Fsp3) is 0.417. The third-order valence-corrected chi connectivity index (χ3v) is 4.82. The van der Waals surface area contributed by atoms with Crippen molar-refractivity contribution in [3.63, 3.8) is 0 Å². The SMILES string of the molecule is O=[N+]([O-])c1ccc2nc([S@@](=O)C[C@H]3CCNC3)[nH]c2c1. The molecule has 1 saturated heterocycles. The summed E-state index contributed by atoms with van der Waals surface area (Å²) in [5.41, 5.74) is 1.15. The van der Waals surface area contributed by atoms with Crippen LogP contribution in [0, 0.1) is 16.0 Å².